The van der Waals surface area contributed by atoms with Gasteiger partial charge < -0.3 is 10.4 Å². The average molecular weight is 465 g/mol. The van der Waals surface area contributed by atoms with Crippen molar-refractivity contribution in [3.05, 3.63) is 68.3 Å². The van der Waals surface area contributed by atoms with E-state index >= 15 is 0 Å². The second-order valence-electron chi connectivity index (χ2n) is 7.79. The van der Waals surface area contributed by atoms with Crippen LogP contribution in [0, 0.1) is 26.1 Å². The Kier molecular flexibility index (Phi) is 7.06. The molecule has 11 nitrogen and oxygen atoms in total. The number of sulfonamides is 1. The molecule has 1 fully saturated rings. The van der Waals surface area contributed by atoms with E-state index < -0.39 is 31.7 Å². The number of hydrogen-bond donors (Lipinski definition) is 2. The molecule has 1 heterocycles. The molecule has 0 amide bonds. The third kappa shape index (κ3) is 5.21. The van der Waals surface area contributed by atoms with Crippen LogP contribution in [0.25, 0.3) is 0 Å². The van der Waals surface area contributed by atoms with E-state index in [-0.39, 0.29) is 28.7 Å². The molecule has 0 saturated carbocycles. The van der Waals surface area contributed by atoms with E-state index in [0.29, 0.717) is 18.7 Å². The third-order valence-electron chi connectivity index (χ3n) is 5.40. The molecule has 1 aliphatic heterocycles. The van der Waals surface area contributed by atoms with Crippen molar-refractivity contribution in [2.45, 2.75) is 30.8 Å². The minimum absolute atomic E-state index is 0.0573. The number of benzene rings is 2. The number of nitro benzene ring substituents is 2. The largest absolute Gasteiger partial charge is 0.387 e. The van der Waals surface area contributed by atoms with E-state index in [9.17, 15) is 33.8 Å². The predicted molar refractivity (Wildman–Crippen MR) is 117 cm³/mol. The van der Waals surface area contributed by atoms with Crippen LogP contribution in [0.3, 0.4) is 0 Å². The number of aliphatic hydroxyl groups excluding tert-OH is 1. The molecule has 32 heavy (non-hydrogen) atoms. The summed E-state index contributed by atoms with van der Waals surface area (Å²) in [5.41, 5.74) is -0.0948. The van der Waals surface area contributed by atoms with E-state index in [1.54, 1.807) is 0 Å². The van der Waals surface area contributed by atoms with Gasteiger partial charge in [0.2, 0.25) is 10.0 Å². The van der Waals surface area contributed by atoms with Gasteiger partial charge in [0.25, 0.3) is 11.4 Å². The SMILES string of the molecule is CC1CCCN(S(=O)(=O)c2ccc(NCC(O)c3ccc([N+](=O)[O-])cc3)c([N+](=O)[O-])c2)C1. The lowest BCUT2D eigenvalue weighted by Gasteiger charge is -2.30. The van der Waals surface area contributed by atoms with E-state index in [1.807, 2.05) is 6.92 Å². The number of piperidine rings is 1. The van der Waals surface area contributed by atoms with Gasteiger partial charge in [0.05, 0.1) is 20.8 Å². The van der Waals surface area contributed by atoms with Crippen molar-refractivity contribution < 1.29 is 23.4 Å². The highest BCUT2D eigenvalue weighted by Gasteiger charge is 2.30. The van der Waals surface area contributed by atoms with Crippen molar-refractivity contribution in [1.29, 1.82) is 0 Å². The molecule has 0 radical (unpaired) electrons. The molecule has 3 rings (SSSR count). The Labute approximate surface area is 185 Å². The van der Waals surface area contributed by atoms with Crippen LogP contribution < -0.4 is 5.32 Å². The minimum Gasteiger partial charge on any atom is -0.387 e. The quantitative estimate of drug-likeness (QED) is 0.446. The van der Waals surface area contributed by atoms with E-state index in [0.717, 1.165) is 18.9 Å². The number of nitro groups is 2. The van der Waals surface area contributed by atoms with Gasteiger partial charge in [0.1, 0.15) is 5.69 Å². The summed E-state index contributed by atoms with van der Waals surface area (Å²) in [5.74, 6) is 0.218. The number of non-ortho nitro benzene ring substituents is 1. The molecule has 0 aromatic heterocycles. The van der Waals surface area contributed by atoms with Crippen molar-refractivity contribution in [1.82, 2.24) is 4.31 Å². The molecule has 2 aromatic rings. The van der Waals surface area contributed by atoms with Crippen LogP contribution in [-0.4, -0.2) is 47.3 Å². The number of nitrogens with zero attached hydrogens (tertiary/aromatic N) is 3. The first-order chi connectivity index (χ1) is 15.1. The van der Waals surface area contributed by atoms with E-state index in [4.69, 9.17) is 0 Å². The fourth-order valence-corrected chi connectivity index (χ4v) is 5.25. The molecule has 0 aliphatic carbocycles. The van der Waals surface area contributed by atoms with Gasteiger partial charge in [-0.15, -0.1) is 0 Å². The van der Waals surface area contributed by atoms with Gasteiger partial charge in [-0.1, -0.05) is 6.92 Å². The Morgan fingerprint density at radius 2 is 1.84 bits per heavy atom. The van der Waals surface area contributed by atoms with Crippen LogP contribution in [0.1, 0.15) is 31.4 Å². The molecule has 2 unspecified atom stereocenters. The highest BCUT2D eigenvalue weighted by Crippen LogP contribution is 2.31. The van der Waals surface area contributed by atoms with Gasteiger partial charge in [-0.05, 0) is 48.6 Å². The summed E-state index contributed by atoms with van der Waals surface area (Å²) in [4.78, 5) is 20.9. The Morgan fingerprint density at radius 1 is 1.16 bits per heavy atom. The van der Waals surface area contributed by atoms with Crippen LogP contribution in [0.15, 0.2) is 47.4 Å². The van der Waals surface area contributed by atoms with Gasteiger partial charge >= 0.3 is 0 Å². The maximum absolute atomic E-state index is 12.9. The Morgan fingerprint density at radius 3 is 2.44 bits per heavy atom. The topological polar surface area (TPSA) is 156 Å². The zero-order chi connectivity index (χ0) is 23.5. The minimum atomic E-state index is -3.86. The lowest BCUT2D eigenvalue weighted by Crippen LogP contribution is -2.39. The lowest BCUT2D eigenvalue weighted by atomic mass is 10.0. The standard InChI is InChI=1S/C20H24N4O7S/c1-14-3-2-10-22(13-14)32(30,31)17-8-9-18(19(11-17)24(28)29)21-12-20(25)15-4-6-16(7-5-15)23(26)27/h4-9,11,14,20-21,25H,2-3,10,12-13H2,1H3. The normalized spacial score (nSPS) is 18.1. The van der Waals surface area contributed by atoms with Crippen molar-refractivity contribution in [2.75, 3.05) is 25.0 Å². The second kappa shape index (κ2) is 9.59. The van der Waals surface area contributed by atoms with Gasteiger partial charge in [-0.25, -0.2) is 8.42 Å². The monoisotopic (exact) mass is 464 g/mol. The molecule has 0 bridgehead atoms. The summed E-state index contributed by atoms with van der Waals surface area (Å²) in [7, 11) is -3.86. The zero-order valence-electron chi connectivity index (χ0n) is 17.4. The molecule has 1 aliphatic rings. The average Bonchev–Trinajstić information content (AvgIpc) is 2.77. The summed E-state index contributed by atoms with van der Waals surface area (Å²) in [5, 5.41) is 35.4. The molecule has 12 heteroatoms. The van der Waals surface area contributed by atoms with E-state index in [2.05, 4.69) is 5.32 Å². The molecular weight excluding hydrogens is 440 g/mol. The summed E-state index contributed by atoms with van der Waals surface area (Å²) >= 11 is 0. The van der Waals surface area contributed by atoms with Gasteiger partial charge in [-0.3, -0.25) is 20.2 Å². The van der Waals surface area contributed by atoms with Crippen molar-refractivity contribution in [3.63, 3.8) is 0 Å². The van der Waals surface area contributed by atoms with Gasteiger partial charge in [-0.2, -0.15) is 4.31 Å². The Balaban J connectivity index is 1.77. The second-order valence-corrected chi connectivity index (χ2v) is 9.73. The number of hydrogen-bond acceptors (Lipinski definition) is 8. The molecule has 2 atom stereocenters. The first kappa shape index (κ1) is 23.6. The fourth-order valence-electron chi connectivity index (χ4n) is 3.63. The predicted octanol–water partition coefficient (Wildman–Crippen LogP) is 3.07. The summed E-state index contributed by atoms with van der Waals surface area (Å²) in [6.07, 6.45) is 0.586. The highest BCUT2D eigenvalue weighted by atomic mass is 32.2. The smallest absolute Gasteiger partial charge is 0.293 e. The lowest BCUT2D eigenvalue weighted by molar-refractivity contribution is -0.384. The number of aliphatic hydroxyl groups is 1. The van der Waals surface area contributed by atoms with Crippen molar-refractivity contribution >= 4 is 27.1 Å². The summed E-state index contributed by atoms with van der Waals surface area (Å²) in [6.45, 7) is 2.60. The van der Waals surface area contributed by atoms with Gasteiger partial charge in [0, 0.05) is 37.8 Å². The maximum atomic E-state index is 12.9. The van der Waals surface area contributed by atoms with Crippen LogP contribution in [-0.2, 0) is 10.0 Å². The Hall–Kier alpha value is -3.09. The fraction of sp³-hybridized carbons (Fsp3) is 0.400. The third-order valence-corrected chi connectivity index (χ3v) is 7.26. The number of rotatable bonds is 8. The molecule has 0 spiro atoms. The molecule has 2 aromatic carbocycles. The van der Waals surface area contributed by atoms with Crippen LogP contribution in [0.4, 0.5) is 17.1 Å². The molecule has 2 N–H and O–H groups in total. The molecular formula is C20H24N4O7S. The number of nitrogens with one attached hydrogen (secondary N) is 1. The molecule has 172 valence electrons. The van der Waals surface area contributed by atoms with E-state index in [1.165, 1.54) is 40.7 Å². The number of anilines is 1. The van der Waals surface area contributed by atoms with Crippen LogP contribution >= 0.6 is 0 Å². The summed E-state index contributed by atoms with van der Waals surface area (Å²) in [6, 6.07) is 8.94. The van der Waals surface area contributed by atoms with Crippen molar-refractivity contribution in [3.8, 4) is 0 Å². The molecule has 1 saturated heterocycles. The zero-order valence-corrected chi connectivity index (χ0v) is 18.2. The van der Waals surface area contributed by atoms with Crippen molar-refractivity contribution in [2.24, 2.45) is 5.92 Å². The van der Waals surface area contributed by atoms with Crippen LogP contribution in [0.5, 0.6) is 0 Å². The summed E-state index contributed by atoms with van der Waals surface area (Å²) < 4.78 is 27.2. The first-order valence-electron chi connectivity index (χ1n) is 10.0. The maximum Gasteiger partial charge on any atom is 0.293 e. The Bertz CT molecular complexity index is 1110. The van der Waals surface area contributed by atoms with Crippen LogP contribution in [0.2, 0.25) is 0 Å². The first-order valence-corrected chi connectivity index (χ1v) is 11.5. The van der Waals surface area contributed by atoms with Gasteiger partial charge in [0.15, 0.2) is 0 Å². The highest BCUT2D eigenvalue weighted by molar-refractivity contribution is 7.89.